The summed E-state index contributed by atoms with van der Waals surface area (Å²) in [6.07, 6.45) is 3.56. The number of aryl methyl sites for hydroxylation is 1. The number of piperidine rings is 2. The number of rotatable bonds is 6. The lowest BCUT2D eigenvalue weighted by Gasteiger charge is -2.49. The van der Waals surface area contributed by atoms with Gasteiger partial charge in [0.25, 0.3) is 5.91 Å². The van der Waals surface area contributed by atoms with Crippen LogP contribution in [0.25, 0.3) is 0 Å². The summed E-state index contributed by atoms with van der Waals surface area (Å²) in [6.45, 7) is 11.9. The van der Waals surface area contributed by atoms with Gasteiger partial charge in [-0.3, -0.25) is 9.69 Å². The topological polar surface area (TPSA) is 130 Å². The molecule has 2 N–H and O–H groups in total. The van der Waals surface area contributed by atoms with Crippen LogP contribution in [0.5, 0.6) is 0 Å². The molecule has 0 radical (unpaired) electrons. The van der Waals surface area contributed by atoms with E-state index in [0.717, 1.165) is 64.8 Å². The standard InChI is InChI=1S/C28H37BrN4O3.CH2O3/c1-5-36-30-26(22-6-8-24(29)9-7-22)23-11-15-32(16-12-23)28(4)13-18-31(19-14-28)27(34)25-20(2)10-17-33(35)21(25)3;2-1(3)4/h6-10,17,23H,5,11-16,18-19H2,1-4H3;(H2,2,3,4)/b30-26-;. The second kappa shape index (κ2) is 13.9. The first-order valence-electron chi connectivity index (χ1n) is 13.6. The van der Waals surface area contributed by atoms with Crippen LogP contribution in [-0.2, 0) is 4.84 Å². The average Bonchev–Trinajstić information content (AvgIpc) is 2.92. The molecule has 218 valence electrons. The van der Waals surface area contributed by atoms with Gasteiger partial charge in [-0.2, -0.15) is 4.73 Å². The number of oxime groups is 1. The van der Waals surface area contributed by atoms with Gasteiger partial charge in [0.05, 0.1) is 5.71 Å². The van der Waals surface area contributed by atoms with Crippen molar-refractivity contribution in [1.82, 2.24) is 9.80 Å². The Labute approximate surface area is 243 Å². The highest BCUT2D eigenvalue weighted by Crippen LogP contribution is 2.34. The summed E-state index contributed by atoms with van der Waals surface area (Å²) in [4.78, 5) is 31.9. The SMILES string of the molecule is CCO/N=C(/c1ccc(Br)cc1)C1CCN(C2(C)CCN(C(=O)c3c(C)cc[n+]([O-])c3C)CC2)CC1.O=C(O)O. The zero-order valence-electron chi connectivity index (χ0n) is 23.6. The molecule has 4 rings (SSSR count). The molecule has 40 heavy (non-hydrogen) atoms. The molecule has 0 bridgehead atoms. The molecule has 3 heterocycles. The molecule has 1 aromatic carbocycles. The predicted molar refractivity (Wildman–Crippen MR) is 156 cm³/mol. The number of nitrogens with zero attached hydrogens (tertiary/aromatic N) is 4. The Morgan fingerprint density at radius 1 is 1.10 bits per heavy atom. The van der Waals surface area contributed by atoms with Crippen molar-refractivity contribution in [2.75, 3.05) is 32.8 Å². The highest BCUT2D eigenvalue weighted by molar-refractivity contribution is 9.10. The molecule has 2 saturated heterocycles. The third-order valence-electron chi connectivity index (χ3n) is 7.97. The molecule has 0 atom stereocenters. The van der Waals surface area contributed by atoms with Gasteiger partial charge in [0.15, 0.2) is 6.20 Å². The van der Waals surface area contributed by atoms with Crippen LogP contribution in [0.3, 0.4) is 0 Å². The molecule has 1 amide bonds. The smallest absolute Gasteiger partial charge is 0.503 e. The summed E-state index contributed by atoms with van der Waals surface area (Å²) < 4.78 is 1.84. The summed E-state index contributed by atoms with van der Waals surface area (Å²) in [6, 6.07) is 10.0. The summed E-state index contributed by atoms with van der Waals surface area (Å²) in [7, 11) is 0. The van der Waals surface area contributed by atoms with Crippen molar-refractivity contribution in [2.45, 2.75) is 58.9 Å². The van der Waals surface area contributed by atoms with Crippen molar-refractivity contribution < 1.29 is 29.4 Å². The lowest BCUT2D eigenvalue weighted by Crippen LogP contribution is -2.57. The number of halogens is 1. The molecule has 1 aromatic heterocycles. The maximum atomic E-state index is 13.3. The number of carbonyl (C=O) groups is 2. The number of hydrogen-bond donors (Lipinski definition) is 2. The van der Waals surface area contributed by atoms with Crippen LogP contribution in [0.2, 0.25) is 0 Å². The van der Waals surface area contributed by atoms with E-state index in [-0.39, 0.29) is 11.4 Å². The summed E-state index contributed by atoms with van der Waals surface area (Å²) >= 11 is 3.52. The maximum Gasteiger partial charge on any atom is 0.503 e. The van der Waals surface area contributed by atoms with E-state index in [1.807, 2.05) is 18.7 Å². The minimum atomic E-state index is -1.83. The summed E-state index contributed by atoms with van der Waals surface area (Å²) in [5.74, 6) is 0.337. The van der Waals surface area contributed by atoms with Gasteiger partial charge in [0.2, 0.25) is 5.69 Å². The molecule has 0 saturated carbocycles. The van der Waals surface area contributed by atoms with Gasteiger partial charge < -0.3 is 25.2 Å². The first kappa shape index (κ1) is 31.3. The Kier molecular flexibility index (Phi) is 10.9. The summed E-state index contributed by atoms with van der Waals surface area (Å²) in [5.41, 5.74) is 4.11. The number of aromatic nitrogens is 1. The molecule has 0 aliphatic carbocycles. The van der Waals surface area contributed by atoms with Crippen LogP contribution in [0, 0.1) is 25.0 Å². The molecule has 2 aromatic rings. The van der Waals surface area contributed by atoms with Crippen molar-refractivity contribution in [3.05, 3.63) is 68.6 Å². The van der Waals surface area contributed by atoms with Crippen molar-refractivity contribution in [1.29, 1.82) is 0 Å². The molecule has 2 fully saturated rings. The van der Waals surface area contributed by atoms with Gasteiger partial charge in [0.1, 0.15) is 12.2 Å². The van der Waals surface area contributed by atoms with Gasteiger partial charge in [-0.05, 0) is 82.8 Å². The number of carbonyl (C=O) groups excluding carboxylic acids is 1. The lowest BCUT2D eigenvalue weighted by molar-refractivity contribution is -0.612. The van der Waals surface area contributed by atoms with Crippen LogP contribution < -0.4 is 4.73 Å². The van der Waals surface area contributed by atoms with Gasteiger partial charge in [-0.15, -0.1) is 0 Å². The zero-order valence-corrected chi connectivity index (χ0v) is 25.2. The fraction of sp³-hybridized carbons (Fsp3) is 0.517. The Morgan fingerprint density at radius 2 is 1.68 bits per heavy atom. The molecule has 11 heteroatoms. The van der Waals surface area contributed by atoms with E-state index in [4.69, 9.17) is 19.8 Å². The fourth-order valence-corrected chi connectivity index (χ4v) is 5.83. The van der Waals surface area contributed by atoms with E-state index in [0.29, 0.717) is 36.9 Å². The van der Waals surface area contributed by atoms with Crippen molar-refractivity contribution in [2.24, 2.45) is 11.1 Å². The quantitative estimate of drug-likeness (QED) is 0.200. The van der Waals surface area contributed by atoms with Crippen molar-refractivity contribution in [3.63, 3.8) is 0 Å². The number of benzene rings is 1. The van der Waals surface area contributed by atoms with Crippen molar-refractivity contribution >= 4 is 33.7 Å². The zero-order chi connectivity index (χ0) is 29.4. The molecule has 2 aliphatic rings. The van der Waals surface area contributed by atoms with E-state index in [1.54, 1.807) is 13.0 Å². The minimum Gasteiger partial charge on any atom is -0.618 e. The van der Waals surface area contributed by atoms with Crippen LogP contribution in [0.15, 0.2) is 46.2 Å². The van der Waals surface area contributed by atoms with E-state index < -0.39 is 6.16 Å². The Balaban J connectivity index is 0.00000103. The Morgan fingerprint density at radius 3 is 2.23 bits per heavy atom. The van der Waals surface area contributed by atoms with E-state index in [2.05, 4.69) is 57.2 Å². The van der Waals surface area contributed by atoms with Gasteiger partial charge >= 0.3 is 6.16 Å². The molecular weight excluding hydrogens is 580 g/mol. The first-order valence-corrected chi connectivity index (χ1v) is 14.4. The Bertz CT molecular complexity index is 1200. The average molecular weight is 620 g/mol. The van der Waals surface area contributed by atoms with E-state index >= 15 is 0 Å². The maximum absolute atomic E-state index is 13.3. The fourth-order valence-electron chi connectivity index (χ4n) is 5.57. The molecular formula is C29H39BrN4O6. The summed E-state index contributed by atoms with van der Waals surface area (Å²) in [5, 5.41) is 30.5. The highest BCUT2D eigenvalue weighted by atomic mass is 79.9. The van der Waals surface area contributed by atoms with Gasteiger partial charge in [-0.1, -0.05) is 33.2 Å². The van der Waals surface area contributed by atoms with Crippen LogP contribution in [0.4, 0.5) is 4.79 Å². The number of pyridine rings is 1. The number of amides is 1. The normalized spacial score (nSPS) is 18.0. The largest absolute Gasteiger partial charge is 0.618 e. The molecule has 10 nitrogen and oxygen atoms in total. The minimum absolute atomic E-state index is 0.0257. The molecule has 2 aliphatic heterocycles. The molecule has 0 spiro atoms. The Hall–Kier alpha value is -3.18. The van der Waals surface area contributed by atoms with E-state index in [1.165, 1.54) is 6.20 Å². The lowest BCUT2D eigenvalue weighted by atomic mass is 9.82. The highest BCUT2D eigenvalue weighted by Gasteiger charge is 2.40. The van der Waals surface area contributed by atoms with Crippen molar-refractivity contribution in [3.8, 4) is 0 Å². The second-order valence-corrected chi connectivity index (χ2v) is 11.4. The first-order chi connectivity index (χ1) is 19.0. The number of carboxylic acid groups (broad SMARTS) is 2. The second-order valence-electron chi connectivity index (χ2n) is 10.5. The van der Waals surface area contributed by atoms with E-state index in [9.17, 15) is 10.0 Å². The van der Waals surface area contributed by atoms with Gasteiger partial charge in [0, 0.05) is 42.0 Å². The van der Waals surface area contributed by atoms with Gasteiger partial charge in [-0.25, -0.2) is 4.79 Å². The van der Waals surface area contributed by atoms with Crippen LogP contribution in [0.1, 0.15) is 66.7 Å². The third-order valence-corrected chi connectivity index (χ3v) is 8.49. The molecule has 0 unspecified atom stereocenters. The number of hydrogen-bond acceptors (Lipinski definition) is 6. The van der Waals surface area contributed by atoms with Crippen LogP contribution >= 0.6 is 15.9 Å². The number of likely N-dealkylation sites (tertiary alicyclic amines) is 2. The third kappa shape index (κ3) is 7.72. The van der Waals surface area contributed by atoms with Crippen LogP contribution in [-0.4, -0.2) is 76.1 Å². The predicted octanol–water partition coefficient (Wildman–Crippen LogP) is 5.07. The monoisotopic (exact) mass is 618 g/mol.